The molecule has 1 rings (SSSR count). The standard InChI is InChI=1S/C7H7BrN2O2.BrH/c1-3-4(8)2-10-6(9)5(3)7(11)12;/h2H,1H3,(H2,9,10)(H,11,12);1H. The number of hydrogen-bond acceptors (Lipinski definition) is 3. The third kappa shape index (κ3) is 2.41. The number of aromatic carboxylic acids is 1. The van der Waals surface area contributed by atoms with Gasteiger partial charge < -0.3 is 10.8 Å². The molecule has 0 atom stereocenters. The van der Waals surface area contributed by atoms with Gasteiger partial charge in [-0.25, -0.2) is 9.78 Å². The van der Waals surface area contributed by atoms with E-state index in [4.69, 9.17) is 10.8 Å². The molecule has 6 heteroatoms. The maximum atomic E-state index is 10.7. The van der Waals surface area contributed by atoms with Gasteiger partial charge in [0.1, 0.15) is 11.4 Å². The summed E-state index contributed by atoms with van der Waals surface area (Å²) in [6.45, 7) is 1.67. The molecule has 0 bridgehead atoms. The van der Waals surface area contributed by atoms with E-state index >= 15 is 0 Å². The predicted molar refractivity (Wildman–Crippen MR) is 58.4 cm³/mol. The minimum atomic E-state index is -1.06. The van der Waals surface area contributed by atoms with E-state index in [1.54, 1.807) is 6.92 Å². The smallest absolute Gasteiger partial charge is 0.339 e. The number of nitrogens with two attached hydrogens (primary N) is 1. The van der Waals surface area contributed by atoms with Crippen LogP contribution in [0.3, 0.4) is 0 Å². The van der Waals surface area contributed by atoms with E-state index in [2.05, 4.69) is 20.9 Å². The molecule has 0 aliphatic carbocycles. The molecule has 0 saturated carbocycles. The summed E-state index contributed by atoms with van der Waals surface area (Å²) < 4.78 is 0.647. The lowest BCUT2D eigenvalue weighted by atomic mass is 10.1. The number of carboxylic acids is 1. The number of aromatic nitrogens is 1. The van der Waals surface area contributed by atoms with Crippen molar-refractivity contribution in [2.45, 2.75) is 6.92 Å². The summed E-state index contributed by atoms with van der Waals surface area (Å²) in [5, 5.41) is 8.73. The van der Waals surface area contributed by atoms with Gasteiger partial charge in [-0.05, 0) is 28.4 Å². The van der Waals surface area contributed by atoms with Crippen LogP contribution in [-0.4, -0.2) is 16.1 Å². The van der Waals surface area contributed by atoms with Gasteiger partial charge in [0.2, 0.25) is 0 Å². The van der Waals surface area contributed by atoms with Crippen molar-refractivity contribution in [2.24, 2.45) is 0 Å². The molecule has 0 aliphatic rings. The summed E-state index contributed by atoms with van der Waals surface area (Å²) in [6.07, 6.45) is 1.48. The molecule has 0 saturated heterocycles. The van der Waals surface area contributed by atoms with Crippen LogP contribution in [0.15, 0.2) is 10.7 Å². The number of carbonyl (C=O) groups is 1. The van der Waals surface area contributed by atoms with Crippen molar-refractivity contribution in [1.29, 1.82) is 0 Å². The summed E-state index contributed by atoms with van der Waals surface area (Å²) in [5.41, 5.74) is 6.03. The van der Waals surface area contributed by atoms with Crippen molar-refractivity contribution in [3.8, 4) is 0 Å². The minimum absolute atomic E-state index is 0. The van der Waals surface area contributed by atoms with E-state index in [1.807, 2.05) is 0 Å². The molecular formula is C7H8Br2N2O2. The lowest BCUT2D eigenvalue weighted by Gasteiger charge is -2.04. The molecule has 0 aromatic carbocycles. The van der Waals surface area contributed by atoms with Crippen LogP contribution in [-0.2, 0) is 0 Å². The quantitative estimate of drug-likeness (QED) is 0.832. The van der Waals surface area contributed by atoms with Crippen molar-refractivity contribution < 1.29 is 9.90 Å². The van der Waals surface area contributed by atoms with E-state index in [9.17, 15) is 4.79 Å². The Labute approximate surface area is 94.1 Å². The maximum absolute atomic E-state index is 10.7. The number of hydrogen-bond donors (Lipinski definition) is 2. The molecule has 4 nitrogen and oxygen atoms in total. The van der Waals surface area contributed by atoms with Crippen molar-refractivity contribution in [3.05, 3.63) is 21.8 Å². The zero-order chi connectivity index (χ0) is 9.30. The van der Waals surface area contributed by atoms with Crippen LogP contribution in [0.4, 0.5) is 5.82 Å². The Morgan fingerprint density at radius 1 is 1.69 bits per heavy atom. The van der Waals surface area contributed by atoms with Crippen LogP contribution in [0, 0.1) is 6.92 Å². The van der Waals surface area contributed by atoms with Crippen molar-refractivity contribution >= 4 is 44.7 Å². The lowest BCUT2D eigenvalue weighted by molar-refractivity contribution is 0.0697. The van der Waals surface area contributed by atoms with E-state index in [0.29, 0.717) is 10.0 Å². The van der Waals surface area contributed by atoms with Crippen LogP contribution in [0.2, 0.25) is 0 Å². The fourth-order valence-electron chi connectivity index (χ4n) is 0.869. The predicted octanol–water partition coefficient (Wildman–Crippen LogP) is 2.01. The molecule has 0 aliphatic heterocycles. The van der Waals surface area contributed by atoms with Gasteiger partial charge in [0.15, 0.2) is 0 Å². The lowest BCUT2D eigenvalue weighted by Crippen LogP contribution is -2.07. The molecule has 1 aromatic heterocycles. The number of rotatable bonds is 1. The van der Waals surface area contributed by atoms with E-state index in [-0.39, 0.29) is 28.4 Å². The normalized spacial score (nSPS) is 9.08. The van der Waals surface area contributed by atoms with Gasteiger partial charge >= 0.3 is 5.97 Å². The Kier molecular flexibility index (Phi) is 4.35. The number of pyridine rings is 1. The van der Waals surface area contributed by atoms with Gasteiger partial charge in [-0.15, -0.1) is 17.0 Å². The molecule has 1 aromatic rings. The Morgan fingerprint density at radius 3 is 2.62 bits per heavy atom. The Hall–Kier alpha value is -0.620. The molecule has 0 spiro atoms. The highest BCUT2D eigenvalue weighted by Gasteiger charge is 2.14. The van der Waals surface area contributed by atoms with Crippen molar-refractivity contribution in [2.75, 3.05) is 5.73 Å². The van der Waals surface area contributed by atoms with Gasteiger partial charge in [0, 0.05) is 10.7 Å². The molecular weight excluding hydrogens is 304 g/mol. The largest absolute Gasteiger partial charge is 0.478 e. The van der Waals surface area contributed by atoms with Gasteiger partial charge in [0.05, 0.1) is 0 Å². The molecule has 72 valence electrons. The van der Waals surface area contributed by atoms with Gasteiger partial charge in [0.25, 0.3) is 0 Å². The summed E-state index contributed by atoms with van der Waals surface area (Å²) in [4.78, 5) is 14.4. The highest BCUT2D eigenvalue weighted by molar-refractivity contribution is 9.10. The number of nitrogens with zero attached hydrogens (tertiary/aromatic N) is 1. The van der Waals surface area contributed by atoms with Crippen molar-refractivity contribution in [3.63, 3.8) is 0 Å². The van der Waals surface area contributed by atoms with Crippen LogP contribution in [0.5, 0.6) is 0 Å². The first-order chi connectivity index (χ1) is 5.54. The van der Waals surface area contributed by atoms with E-state index in [1.165, 1.54) is 6.20 Å². The molecule has 0 amide bonds. The SMILES string of the molecule is Br.Cc1c(Br)cnc(N)c1C(=O)O. The van der Waals surface area contributed by atoms with Crippen LogP contribution in [0.25, 0.3) is 0 Å². The van der Waals surface area contributed by atoms with Crippen LogP contribution < -0.4 is 5.73 Å². The van der Waals surface area contributed by atoms with E-state index in [0.717, 1.165) is 0 Å². The molecule has 0 unspecified atom stereocenters. The second-order valence-electron chi connectivity index (χ2n) is 2.30. The number of nitrogen functional groups attached to an aromatic ring is 1. The first kappa shape index (κ1) is 12.4. The fraction of sp³-hybridized carbons (Fsp3) is 0.143. The monoisotopic (exact) mass is 310 g/mol. The molecule has 1 heterocycles. The average molecular weight is 312 g/mol. The van der Waals surface area contributed by atoms with Gasteiger partial charge in [-0.1, -0.05) is 0 Å². The maximum Gasteiger partial charge on any atom is 0.339 e. The summed E-state index contributed by atoms with van der Waals surface area (Å²) in [6, 6.07) is 0. The van der Waals surface area contributed by atoms with Gasteiger partial charge in [-0.3, -0.25) is 0 Å². The number of anilines is 1. The second-order valence-corrected chi connectivity index (χ2v) is 3.15. The summed E-state index contributed by atoms with van der Waals surface area (Å²) in [7, 11) is 0. The topological polar surface area (TPSA) is 76.2 Å². The second kappa shape index (κ2) is 4.57. The number of carboxylic acid groups (broad SMARTS) is 1. The molecule has 13 heavy (non-hydrogen) atoms. The summed E-state index contributed by atoms with van der Waals surface area (Å²) >= 11 is 3.17. The van der Waals surface area contributed by atoms with E-state index < -0.39 is 5.97 Å². The van der Waals surface area contributed by atoms with Crippen molar-refractivity contribution in [1.82, 2.24) is 4.98 Å². The highest BCUT2D eigenvalue weighted by Crippen LogP contribution is 2.22. The molecule has 0 fully saturated rings. The fourth-order valence-corrected chi connectivity index (χ4v) is 1.17. The first-order valence-electron chi connectivity index (χ1n) is 3.18. The van der Waals surface area contributed by atoms with Gasteiger partial charge in [-0.2, -0.15) is 0 Å². The third-order valence-corrected chi connectivity index (χ3v) is 2.32. The minimum Gasteiger partial charge on any atom is -0.478 e. The zero-order valence-corrected chi connectivity index (χ0v) is 10.0. The number of halogens is 2. The highest BCUT2D eigenvalue weighted by atomic mass is 79.9. The van der Waals surface area contributed by atoms with Crippen LogP contribution >= 0.6 is 32.9 Å². The van der Waals surface area contributed by atoms with Crippen LogP contribution in [0.1, 0.15) is 15.9 Å². The molecule has 3 N–H and O–H groups in total. The summed E-state index contributed by atoms with van der Waals surface area (Å²) in [5.74, 6) is -1.01. The zero-order valence-electron chi connectivity index (χ0n) is 6.74. The average Bonchev–Trinajstić information content (AvgIpc) is 1.97. The Bertz CT molecular complexity index is 342. The first-order valence-corrected chi connectivity index (χ1v) is 3.97. The Balaban J connectivity index is 0.00000144. The Morgan fingerprint density at radius 2 is 2.23 bits per heavy atom. The molecule has 0 radical (unpaired) electrons. The third-order valence-electron chi connectivity index (χ3n) is 1.52.